The predicted octanol–water partition coefficient (Wildman–Crippen LogP) is 3.59. The van der Waals surface area contributed by atoms with E-state index in [0.717, 1.165) is 10.5 Å². The second kappa shape index (κ2) is 5.65. The minimum Gasteiger partial charge on any atom is -0.396 e. The molecule has 3 N–H and O–H groups in total. The summed E-state index contributed by atoms with van der Waals surface area (Å²) in [5.74, 6) is -0.619. The van der Waals surface area contributed by atoms with Crippen LogP contribution in [-0.2, 0) is 10.0 Å². The fourth-order valence-electron chi connectivity index (χ4n) is 2.10. The lowest BCUT2D eigenvalue weighted by molar-refractivity contribution is 0.598. The minimum atomic E-state index is -3.85. The van der Waals surface area contributed by atoms with Gasteiger partial charge in [0.15, 0.2) is 0 Å². The van der Waals surface area contributed by atoms with Crippen molar-refractivity contribution in [1.82, 2.24) is 0 Å². The number of hydrogen-bond donors (Lipinski definition) is 2. The van der Waals surface area contributed by atoms with Crippen LogP contribution in [0.1, 0.15) is 11.1 Å². The number of nitrogen functional groups attached to an aromatic ring is 1. The predicted molar refractivity (Wildman–Crippen MR) is 85.2 cm³/mol. The van der Waals surface area contributed by atoms with Crippen LogP contribution in [0.25, 0.3) is 0 Å². The maximum absolute atomic E-state index is 13.5. The van der Waals surface area contributed by atoms with Crippen LogP contribution >= 0.6 is 15.9 Å². The molecule has 0 saturated carbocycles. The first-order chi connectivity index (χ1) is 9.72. The Morgan fingerprint density at radius 1 is 1.24 bits per heavy atom. The number of aryl methyl sites for hydroxylation is 1. The van der Waals surface area contributed by atoms with Gasteiger partial charge in [0.2, 0.25) is 0 Å². The molecule has 0 amide bonds. The molecule has 2 aromatic rings. The highest BCUT2D eigenvalue weighted by Crippen LogP contribution is 2.29. The van der Waals surface area contributed by atoms with E-state index in [1.807, 2.05) is 0 Å². The quantitative estimate of drug-likeness (QED) is 0.808. The summed E-state index contributed by atoms with van der Waals surface area (Å²) in [6.07, 6.45) is 0. The Kier molecular flexibility index (Phi) is 4.25. The summed E-state index contributed by atoms with van der Waals surface area (Å²) < 4.78 is 41.8. The summed E-state index contributed by atoms with van der Waals surface area (Å²) in [5.41, 5.74) is 6.35. The lowest BCUT2D eigenvalue weighted by Gasteiger charge is -2.15. The Morgan fingerprint density at radius 3 is 2.52 bits per heavy atom. The number of nitrogens with one attached hydrogen (secondary N) is 1. The number of halogens is 2. The molecule has 0 unspecified atom stereocenters. The number of rotatable bonds is 3. The SMILES string of the molecule is Cc1cc(F)c(N)c(C)c1S(=O)(=O)Nc1cccc(Br)c1. The van der Waals surface area contributed by atoms with Gasteiger partial charge in [0, 0.05) is 10.2 Å². The van der Waals surface area contributed by atoms with E-state index in [-0.39, 0.29) is 16.1 Å². The van der Waals surface area contributed by atoms with E-state index < -0.39 is 15.8 Å². The number of anilines is 2. The van der Waals surface area contributed by atoms with Crippen LogP contribution in [0.2, 0.25) is 0 Å². The molecule has 0 aliphatic rings. The van der Waals surface area contributed by atoms with E-state index >= 15 is 0 Å². The number of sulfonamides is 1. The van der Waals surface area contributed by atoms with Gasteiger partial charge < -0.3 is 5.73 Å². The first-order valence-corrected chi connectivity index (χ1v) is 8.33. The molecule has 112 valence electrons. The molecule has 0 heterocycles. The monoisotopic (exact) mass is 372 g/mol. The fourth-order valence-corrected chi connectivity index (χ4v) is 4.04. The van der Waals surface area contributed by atoms with Crippen LogP contribution in [-0.4, -0.2) is 8.42 Å². The Morgan fingerprint density at radius 2 is 1.90 bits per heavy atom. The number of nitrogens with two attached hydrogens (primary N) is 1. The lowest BCUT2D eigenvalue weighted by Crippen LogP contribution is -2.17. The van der Waals surface area contributed by atoms with Gasteiger partial charge in [-0.1, -0.05) is 22.0 Å². The summed E-state index contributed by atoms with van der Waals surface area (Å²) in [4.78, 5) is 0.00127. The zero-order chi connectivity index (χ0) is 15.8. The second-order valence-corrected chi connectivity index (χ2v) is 7.19. The Hall–Kier alpha value is -1.60. The topological polar surface area (TPSA) is 72.2 Å². The van der Waals surface area contributed by atoms with Gasteiger partial charge in [-0.3, -0.25) is 4.72 Å². The molecule has 4 nitrogen and oxygen atoms in total. The zero-order valence-corrected chi connectivity index (χ0v) is 13.8. The molecular weight excluding hydrogens is 359 g/mol. The highest BCUT2D eigenvalue weighted by Gasteiger charge is 2.23. The van der Waals surface area contributed by atoms with Gasteiger partial charge in [-0.05, 0) is 49.2 Å². The minimum absolute atomic E-state index is 0.00127. The number of hydrogen-bond acceptors (Lipinski definition) is 3. The third kappa shape index (κ3) is 3.19. The van der Waals surface area contributed by atoms with Gasteiger partial charge >= 0.3 is 0 Å². The highest BCUT2D eigenvalue weighted by atomic mass is 79.9. The third-order valence-electron chi connectivity index (χ3n) is 3.05. The summed E-state index contributed by atoms with van der Waals surface area (Å²) in [7, 11) is -3.85. The van der Waals surface area contributed by atoms with Crippen molar-refractivity contribution in [2.75, 3.05) is 10.5 Å². The van der Waals surface area contributed by atoms with Crippen LogP contribution in [0.15, 0.2) is 39.7 Å². The van der Waals surface area contributed by atoms with Crippen molar-refractivity contribution in [2.45, 2.75) is 18.7 Å². The van der Waals surface area contributed by atoms with Crippen molar-refractivity contribution in [3.05, 3.63) is 51.7 Å². The van der Waals surface area contributed by atoms with Crippen LogP contribution < -0.4 is 10.5 Å². The highest BCUT2D eigenvalue weighted by molar-refractivity contribution is 9.10. The van der Waals surface area contributed by atoms with Crippen LogP contribution in [0.3, 0.4) is 0 Å². The van der Waals surface area contributed by atoms with Gasteiger partial charge in [0.05, 0.1) is 10.6 Å². The molecule has 2 rings (SSSR count). The maximum atomic E-state index is 13.5. The van der Waals surface area contributed by atoms with Crippen molar-refractivity contribution in [2.24, 2.45) is 0 Å². The molecule has 0 fully saturated rings. The average molecular weight is 373 g/mol. The summed E-state index contributed by atoms with van der Waals surface area (Å²) in [6.45, 7) is 3.02. The summed E-state index contributed by atoms with van der Waals surface area (Å²) >= 11 is 3.27. The van der Waals surface area contributed by atoms with E-state index in [2.05, 4.69) is 20.7 Å². The molecule has 0 atom stereocenters. The fraction of sp³-hybridized carbons (Fsp3) is 0.143. The first-order valence-electron chi connectivity index (χ1n) is 6.06. The molecule has 0 saturated heterocycles. The Labute approximate surface area is 131 Å². The molecular formula is C14H14BrFN2O2S. The van der Waals surface area contributed by atoms with Gasteiger partial charge in [-0.25, -0.2) is 12.8 Å². The van der Waals surface area contributed by atoms with E-state index in [1.165, 1.54) is 13.8 Å². The molecule has 21 heavy (non-hydrogen) atoms. The van der Waals surface area contributed by atoms with Gasteiger partial charge in [0.1, 0.15) is 5.82 Å². The molecule has 2 aromatic carbocycles. The molecule has 0 aliphatic heterocycles. The van der Waals surface area contributed by atoms with Crippen LogP contribution in [0, 0.1) is 19.7 Å². The van der Waals surface area contributed by atoms with Crippen LogP contribution in [0.5, 0.6) is 0 Å². The van der Waals surface area contributed by atoms with E-state index in [0.29, 0.717) is 11.3 Å². The average Bonchev–Trinajstić information content (AvgIpc) is 2.35. The largest absolute Gasteiger partial charge is 0.396 e. The second-order valence-electron chi connectivity index (χ2n) is 4.66. The standard InChI is InChI=1S/C14H14BrFN2O2S/c1-8-6-12(16)13(17)9(2)14(8)21(19,20)18-11-5-3-4-10(15)7-11/h3-7,18H,17H2,1-2H3. The summed E-state index contributed by atoms with van der Waals surface area (Å²) in [5, 5.41) is 0. The molecule has 0 aliphatic carbocycles. The van der Waals surface area contributed by atoms with Crippen molar-refractivity contribution in [3.63, 3.8) is 0 Å². The van der Waals surface area contributed by atoms with Crippen molar-refractivity contribution in [3.8, 4) is 0 Å². The molecule has 0 spiro atoms. The normalized spacial score (nSPS) is 11.4. The maximum Gasteiger partial charge on any atom is 0.262 e. The first kappa shape index (κ1) is 15.8. The number of benzene rings is 2. The van der Waals surface area contributed by atoms with Gasteiger partial charge in [-0.15, -0.1) is 0 Å². The third-order valence-corrected chi connectivity index (χ3v) is 5.21. The molecule has 0 bridgehead atoms. The van der Waals surface area contributed by atoms with E-state index in [9.17, 15) is 12.8 Å². The lowest BCUT2D eigenvalue weighted by atomic mass is 10.1. The van der Waals surface area contributed by atoms with Crippen molar-refractivity contribution >= 4 is 37.3 Å². The Bertz CT molecular complexity index is 807. The molecule has 0 radical (unpaired) electrons. The van der Waals surface area contributed by atoms with Crippen LogP contribution in [0.4, 0.5) is 15.8 Å². The summed E-state index contributed by atoms with van der Waals surface area (Å²) in [6, 6.07) is 7.87. The van der Waals surface area contributed by atoms with Crippen molar-refractivity contribution < 1.29 is 12.8 Å². The zero-order valence-electron chi connectivity index (χ0n) is 11.4. The Balaban J connectivity index is 2.53. The smallest absolute Gasteiger partial charge is 0.262 e. The van der Waals surface area contributed by atoms with Gasteiger partial charge in [0.25, 0.3) is 10.0 Å². The van der Waals surface area contributed by atoms with Gasteiger partial charge in [-0.2, -0.15) is 0 Å². The molecule has 7 heteroatoms. The van der Waals surface area contributed by atoms with Crippen molar-refractivity contribution in [1.29, 1.82) is 0 Å². The van der Waals surface area contributed by atoms with E-state index in [4.69, 9.17) is 5.73 Å². The van der Waals surface area contributed by atoms with E-state index in [1.54, 1.807) is 24.3 Å². The molecule has 0 aromatic heterocycles.